The second-order valence-electron chi connectivity index (χ2n) is 4.93. The zero-order chi connectivity index (χ0) is 14.0. The Morgan fingerprint density at radius 2 is 2.21 bits per heavy atom. The number of nitrogens with one attached hydrogen (secondary N) is 1. The molecule has 5 heteroatoms. The largest absolute Gasteiger partial charge is 0.506 e. The highest BCUT2D eigenvalue weighted by Crippen LogP contribution is 2.28. The van der Waals surface area contributed by atoms with Gasteiger partial charge in [0.05, 0.1) is 11.4 Å². The standard InChI is InChI=1S/C14H19N3O2/c1-3-4-10-8(2)13(16-17-14(10)19)9-5-6-11(15)12(18)7-9/h5-8,10,18H,3-4,15H2,1-2H3,(H,17,19). The summed E-state index contributed by atoms with van der Waals surface area (Å²) in [5.74, 6) is -0.0389. The average molecular weight is 261 g/mol. The fourth-order valence-corrected chi connectivity index (χ4v) is 2.44. The molecule has 0 aliphatic carbocycles. The third-order valence-electron chi connectivity index (χ3n) is 3.58. The number of amides is 1. The van der Waals surface area contributed by atoms with Crippen molar-refractivity contribution in [3.8, 4) is 5.75 Å². The van der Waals surface area contributed by atoms with Gasteiger partial charge in [-0.25, -0.2) is 5.43 Å². The predicted octanol–water partition coefficient (Wildman–Crippen LogP) is 1.86. The maximum Gasteiger partial charge on any atom is 0.243 e. The number of hydrogen-bond donors (Lipinski definition) is 3. The normalized spacial score (nSPS) is 22.8. The van der Waals surface area contributed by atoms with Gasteiger partial charge in [0.25, 0.3) is 0 Å². The fourth-order valence-electron chi connectivity index (χ4n) is 2.44. The van der Waals surface area contributed by atoms with E-state index in [-0.39, 0.29) is 23.5 Å². The monoisotopic (exact) mass is 261 g/mol. The number of benzene rings is 1. The summed E-state index contributed by atoms with van der Waals surface area (Å²) in [5, 5.41) is 13.8. The van der Waals surface area contributed by atoms with Crippen LogP contribution in [0.1, 0.15) is 32.3 Å². The van der Waals surface area contributed by atoms with Crippen LogP contribution in [0.3, 0.4) is 0 Å². The lowest BCUT2D eigenvalue weighted by Gasteiger charge is -2.28. The van der Waals surface area contributed by atoms with Gasteiger partial charge in [-0.15, -0.1) is 0 Å². The molecule has 1 heterocycles. The van der Waals surface area contributed by atoms with Crippen LogP contribution >= 0.6 is 0 Å². The molecule has 0 bridgehead atoms. The minimum atomic E-state index is -0.0720. The van der Waals surface area contributed by atoms with E-state index in [1.165, 1.54) is 0 Å². The Bertz CT molecular complexity index is 525. The molecule has 0 spiro atoms. The summed E-state index contributed by atoms with van der Waals surface area (Å²) < 4.78 is 0. The van der Waals surface area contributed by atoms with Gasteiger partial charge in [0.1, 0.15) is 5.75 Å². The quantitative estimate of drug-likeness (QED) is 0.573. The molecule has 2 rings (SSSR count). The van der Waals surface area contributed by atoms with E-state index in [1.54, 1.807) is 12.1 Å². The van der Waals surface area contributed by atoms with Crippen LogP contribution < -0.4 is 11.2 Å². The van der Waals surface area contributed by atoms with Gasteiger partial charge in [0.2, 0.25) is 5.91 Å². The minimum Gasteiger partial charge on any atom is -0.506 e. The van der Waals surface area contributed by atoms with E-state index in [0.717, 1.165) is 24.1 Å². The van der Waals surface area contributed by atoms with Crippen LogP contribution in [0.15, 0.2) is 23.3 Å². The molecule has 4 N–H and O–H groups in total. The molecule has 1 aromatic carbocycles. The number of nitrogens with zero attached hydrogens (tertiary/aromatic N) is 1. The van der Waals surface area contributed by atoms with Crippen molar-refractivity contribution in [1.82, 2.24) is 5.43 Å². The number of aromatic hydroxyl groups is 1. The molecule has 0 aromatic heterocycles. The molecule has 1 amide bonds. The van der Waals surface area contributed by atoms with E-state index < -0.39 is 0 Å². The van der Waals surface area contributed by atoms with Gasteiger partial charge in [-0.05, 0) is 18.6 Å². The SMILES string of the molecule is CCCC1C(=O)NN=C(c2ccc(N)c(O)c2)C1C. The van der Waals surface area contributed by atoms with E-state index in [9.17, 15) is 9.90 Å². The lowest BCUT2D eigenvalue weighted by molar-refractivity contribution is -0.126. The lowest BCUT2D eigenvalue weighted by Crippen LogP contribution is -2.41. The van der Waals surface area contributed by atoms with E-state index in [4.69, 9.17) is 5.73 Å². The zero-order valence-electron chi connectivity index (χ0n) is 11.2. The summed E-state index contributed by atoms with van der Waals surface area (Å²) in [4.78, 5) is 11.8. The van der Waals surface area contributed by atoms with Gasteiger partial charge in [0, 0.05) is 17.4 Å². The molecular formula is C14H19N3O2. The van der Waals surface area contributed by atoms with Crippen molar-refractivity contribution in [3.05, 3.63) is 23.8 Å². The third kappa shape index (κ3) is 2.54. The number of phenolic OH excluding ortho intramolecular Hbond substituents is 1. The molecule has 2 atom stereocenters. The van der Waals surface area contributed by atoms with Crippen LogP contribution in [0.25, 0.3) is 0 Å². The van der Waals surface area contributed by atoms with Crippen LogP contribution in [0.5, 0.6) is 5.75 Å². The fraction of sp³-hybridized carbons (Fsp3) is 0.429. The smallest absolute Gasteiger partial charge is 0.243 e. The molecule has 19 heavy (non-hydrogen) atoms. The summed E-state index contributed by atoms with van der Waals surface area (Å²) >= 11 is 0. The molecule has 5 nitrogen and oxygen atoms in total. The van der Waals surface area contributed by atoms with Gasteiger partial charge in [-0.2, -0.15) is 5.10 Å². The van der Waals surface area contributed by atoms with E-state index in [2.05, 4.69) is 17.5 Å². The Labute approximate surface area is 112 Å². The third-order valence-corrected chi connectivity index (χ3v) is 3.58. The zero-order valence-corrected chi connectivity index (χ0v) is 11.2. The molecule has 1 aliphatic rings. The number of hydrazone groups is 1. The number of rotatable bonds is 3. The topological polar surface area (TPSA) is 87.7 Å². The number of nitrogens with two attached hydrogens (primary N) is 1. The summed E-state index contributed by atoms with van der Waals surface area (Å²) in [6.07, 6.45) is 1.77. The summed E-state index contributed by atoms with van der Waals surface area (Å²) in [6, 6.07) is 5.04. The van der Waals surface area contributed by atoms with Gasteiger partial charge < -0.3 is 10.8 Å². The second kappa shape index (κ2) is 5.30. The van der Waals surface area contributed by atoms with Crippen molar-refractivity contribution >= 4 is 17.3 Å². The first-order chi connectivity index (χ1) is 9.04. The molecule has 0 saturated carbocycles. The van der Waals surface area contributed by atoms with Crippen molar-refractivity contribution < 1.29 is 9.90 Å². The second-order valence-corrected chi connectivity index (χ2v) is 4.93. The van der Waals surface area contributed by atoms with E-state index >= 15 is 0 Å². The van der Waals surface area contributed by atoms with Crippen molar-refractivity contribution in [2.24, 2.45) is 16.9 Å². The summed E-state index contributed by atoms with van der Waals surface area (Å²) in [7, 11) is 0. The first-order valence-corrected chi connectivity index (χ1v) is 6.51. The Balaban J connectivity index is 2.33. The molecule has 0 radical (unpaired) electrons. The minimum absolute atomic E-state index is 0.0247. The van der Waals surface area contributed by atoms with Crippen LogP contribution in [0.2, 0.25) is 0 Å². The molecule has 0 saturated heterocycles. The molecule has 2 unspecified atom stereocenters. The summed E-state index contributed by atoms with van der Waals surface area (Å²) in [5.41, 5.74) is 10.1. The maximum atomic E-state index is 11.8. The molecule has 102 valence electrons. The van der Waals surface area contributed by atoms with Crippen LogP contribution in [-0.2, 0) is 4.79 Å². The molecule has 1 aliphatic heterocycles. The van der Waals surface area contributed by atoms with Gasteiger partial charge >= 0.3 is 0 Å². The van der Waals surface area contributed by atoms with Gasteiger partial charge in [0.15, 0.2) is 0 Å². The number of carbonyl (C=O) groups is 1. The molecule has 1 aromatic rings. The van der Waals surface area contributed by atoms with Crippen molar-refractivity contribution in [3.63, 3.8) is 0 Å². The Kier molecular flexibility index (Phi) is 3.74. The first kappa shape index (κ1) is 13.4. The van der Waals surface area contributed by atoms with Crippen LogP contribution in [-0.4, -0.2) is 16.7 Å². The van der Waals surface area contributed by atoms with Crippen molar-refractivity contribution in [2.45, 2.75) is 26.7 Å². The maximum absolute atomic E-state index is 11.8. The first-order valence-electron chi connectivity index (χ1n) is 6.51. The number of carbonyl (C=O) groups excluding carboxylic acids is 1. The Morgan fingerprint density at radius 1 is 1.47 bits per heavy atom. The van der Waals surface area contributed by atoms with E-state index in [0.29, 0.717) is 5.69 Å². The highest BCUT2D eigenvalue weighted by Gasteiger charge is 2.32. The average Bonchev–Trinajstić information content (AvgIpc) is 2.38. The Hall–Kier alpha value is -2.04. The molecular weight excluding hydrogens is 242 g/mol. The van der Waals surface area contributed by atoms with Crippen LogP contribution in [0.4, 0.5) is 5.69 Å². The highest BCUT2D eigenvalue weighted by molar-refractivity contribution is 6.06. The van der Waals surface area contributed by atoms with Gasteiger partial charge in [-0.1, -0.05) is 26.3 Å². The van der Waals surface area contributed by atoms with Crippen molar-refractivity contribution in [2.75, 3.05) is 5.73 Å². The molecule has 0 fully saturated rings. The number of hydrogen-bond acceptors (Lipinski definition) is 4. The predicted molar refractivity (Wildman–Crippen MR) is 74.8 cm³/mol. The van der Waals surface area contributed by atoms with E-state index in [1.807, 2.05) is 13.0 Å². The van der Waals surface area contributed by atoms with Crippen molar-refractivity contribution in [1.29, 1.82) is 0 Å². The summed E-state index contributed by atoms with van der Waals surface area (Å²) in [6.45, 7) is 4.05. The Morgan fingerprint density at radius 3 is 2.84 bits per heavy atom. The number of phenols is 1. The lowest BCUT2D eigenvalue weighted by atomic mass is 9.82. The van der Waals surface area contributed by atoms with Gasteiger partial charge in [-0.3, -0.25) is 4.79 Å². The number of anilines is 1. The number of nitrogen functional groups attached to an aromatic ring is 1. The van der Waals surface area contributed by atoms with Crippen LogP contribution in [0, 0.1) is 11.8 Å². The highest BCUT2D eigenvalue weighted by atomic mass is 16.3.